The minimum absolute atomic E-state index is 0.0126. The third kappa shape index (κ3) is 4.98. The van der Waals surface area contributed by atoms with E-state index in [4.69, 9.17) is 4.74 Å². The van der Waals surface area contributed by atoms with Crippen LogP contribution in [-0.4, -0.2) is 38.6 Å². The topological polar surface area (TPSA) is 117 Å². The van der Waals surface area contributed by atoms with Crippen LogP contribution in [0.25, 0.3) is 0 Å². The number of nitrogens with zero attached hydrogens (tertiary/aromatic N) is 2. The molecule has 11 heteroatoms. The lowest BCUT2D eigenvalue weighted by Crippen LogP contribution is -2.49. The van der Waals surface area contributed by atoms with Crippen LogP contribution in [0, 0.1) is 11.3 Å². The number of urea groups is 1. The predicted molar refractivity (Wildman–Crippen MR) is 127 cm³/mol. The van der Waals surface area contributed by atoms with Gasteiger partial charge in [0.2, 0.25) is 0 Å². The zero-order valence-electron chi connectivity index (χ0n) is 18.3. The third-order valence-corrected chi connectivity index (χ3v) is 6.82. The number of nitriles is 1. The van der Waals surface area contributed by atoms with E-state index in [-0.39, 0.29) is 39.2 Å². The molecule has 0 bridgehead atoms. The summed E-state index contributed by atoms with van der Waals surface area (Å²) < 4.78 is 43.6. The zero-order valence-corrected chi connectivity index (χ0v) is 20.7. The minimum Gasteiger partial charge on any atom is -0.463 e. The molecule has 1 atom stereocenters. The number of carbonyl (C=O) groups excluding carboxylic acids is 2. The van der Waals surface area contributed by atoms with Crippen molar-refractivity contribution in [3.8, 4) is 6.07 Å². The average Bonchev–Trinajstić information content (AvgIpc) is 2.82. The Bertz CT molecular complexity index is 1320. The maximum atomic E-state index is 13.3. The van der Waals surface area contributed by atoms with Crippen molar-refractivity contribution in [1.82, 2.24) is 5.32 Å². The molecule has 0 aromatic heterocycles. The highest BCUT2D eigenvalue weighted by atomic mass is 79.9. The first kappa shape index (κ1) is 25.4. The average molecular weight is 550 g/mol. The molecule has 1 aliphatic heterocycles. The number of anilines is 1. The second-order valence-corrected chi connectivity index (χ2v) is 9.92. The van der Waals surface area contributed by atoms with Gasteiger partial charge < -0.3 is 10.1 Å². The Balaban J connectivity index is 2.31. The van der Waals surface area contributed by atoms with Crippen molar-refractivity contribution in [2.24, 2.45) is 0 Å². The van der Waals surface area contributed by atoms with Crippen LogP contribution in [0.2, 0.25) is 0 Å². The first-order chi connectivity index (χ1) is 16.2. The van der Waals surface area contributed by atoms with Crippen molar-refractivity contribution in [1.29, 1.82) is 5.26 Å². The Morgan fingerprint density at radius 2 is 2.03 bits per heavy atom. The number of hydrogen-bond donors (Lipinski definition) is 1. The number of alkyl halides is 2. The van der Waals surface area contributed by atoms with E-state index in [0.717, 1.165) is 6.26 Å². The molecule has 2 aromatic carbocycles. The van der Waals surface area contributed by atoms with Crippen molar-refractivity contribution in [2.75, 3.05) is 23.1 Å². The van der Waals surface area contributed by atoms with Crippen molar-refractivity contribution in [3.63, 3.8) is 0 Å². The molecule has 1 aliphatic rings. The number of ether oxygens (including phenoxy) is 1. The number of sulfone groups is 1. The van der Waals surface area contributed by atoms with Gasteiger partial charge in [0.15, 0.2) is 9.84 Å². The van der Waals surface area contributed by atoms with Gasteiger partial charge in [-0.1, -0.05) is 34.1 Å². The number of benzene rings is 2. The summed E-state index contributed by atoms with van der Waals surface area (Å²) in [7, 11) is -3.84. The van der Waals surface area contributed by atoms with E-state index in [1.807, 2.05) is 6.07 Å². The molecule has 1 unspecified atom stereocenters. The maximum absolute atomic E-state index is 13.3. The van der Waals surface area contributed by atoms with Gasteiger partial charge in [-0.05, 0) is 42.3 Å². The van der Waals surface area contributed by atoms with Gasteiger partial charge in [-0.25, -0.2) is 22.4 Å². The molecule has 0 saturated heterocycles. The fourth-order valence-electron chi connectivity index (χ4n) is 3.69. The number of amides is 2. The van der Waals surface area contributed by atoms with Gasteiger partial charge in [0.05, 0.1) is 46.1 Å². The normalized spacial score (nSPS) is 16.1. The molecule has 0 spiro atoms. The predicted octanol–water partition coefficient (Wildman–Crippen LogP) is 3.91. The summed E-state index contributed by atoms with van der Waals surface area (Å²) in [5.74, 6) is -0.752. The first-order valence-corrected chi connectivity index (χ1v) is 13.1. The Morgan fingerprint density at radius 3 is 2.62 bits per heavy atom. The summed E-state index contributed by atoms with van der Waals surface area (Å²) in [6.07, 6.45) is 0.978. The van der Waals surface area contributed by atoms with Gasteiger partial charge in [0.1, 0.15) is 6.67 Å². The number of allylic oxidation sites excluding steroid dienone is 1. The van der Waals surface area contributed by atoms with Gasteiger partial charge >= 0.3 is 12.0 Å². The number of carbonyl (C=O) groups is 2. The Labute approximate surface area is 205 Å². The summed E-state index contributed by atoms with van der Waals surface area (Å²) in [4.78, 5) is 27.4. The smallest absolute Gasteiger partial charge is 0.338 e. The zero-order chi connectivity index (χ0) is 25.0. The van der Waals surface area contributed by atoms with Gasteiger partial charge in [-0.15, -0.1) is 0 Å². The second-order valence-electron chi connectivity index (χ2n) is 7.37. The third-order valence-electron chi connectivity index (χ3n) is 5.14. The lowest BCUT2D eigenvalue weighted by Gasteiger charge is -2.36. The van der Waals surface area contributed by atoms with Gasteiger partial charge in [0.25, 0.3) is 0 Å². The molecule has 0 saturated carbocycles. The quantitative estimate of drug-likeness (QED) is 0.413. The van der Waals surface area contributed by atoms with E-state index >= 15 is 0 Å². The monoisotopic (exact) mass is 549 g/mol. The standard InChI is InChI=1S/C23H21BrFN3O5S/c1-3-33-22(29)20-18(11-24)28(16-6-4-5-14(9-16)12-25)23(30)27-21(20)17-8-7-15(13-26)10-19(17)34(2,31)32/h4-10,21H,3,11-12H2,1-2H3,(H,27,30). The fourth-order valence-corrected chi connectivity index (χ4v) is 5.20. The van der Waals surface area contributed by atoms with Crippen LogP contribution >= 0.6 is 15.9 Å². The van der Waals surface area contributed by atoms with E-state index in [0.29, 0.717) is 11.3 Å². The van der Waals surface area contributed by atoms with Crippen molar-refractivity contribution < 1.29 is 27.1 Å². The molecule has 3 rings (SSSR count). The molecule has 0 fully saturated rings. The summed E-state index contributed by atoms with van der Waals surface area (Å²) in [6.45, 7) is 0.921. The molecule has 0 radical (unpaired) electrons. The number of esters is 1. The number of hydrogen-bond acceptors (Lipinski definition) is 6. The lowest BCUT2D eigenvalue weighted by molar-refractivity contribution is -0.139. The van der Waals surface area contributed by atoms with Gasteiger partial charge in [-0.2, -0.15) is 5.26 Å². The Kier molecular flexibility index (Phi) is 7.74. The molecule has 1 heterocycles. The second kappa shape index (κ2) is 10.4. The van der Waals surface area contributed by atoms with E-state index < -0.39 is 34.6 Å². The number of halogens is 2. The van der Waals surface area contributed by atoms with E-state index in [1.54, 1.807) is 25.1 Å². The van der Waals surface area contributed by atoms with Crippen molar-refractivity contribution >= 4 is 43.5 Å². The molecule has 2 aromatic rings. The van der Waals surface area contributed by atoms with Crippen molar-refractivity contribution in [3.05, 3.63) is 70.4 Å². The maximum Gasteiger partial charge on any atom is 0.338 e. The highest BCUT2D eigenvalue weighted by Crippen LogP contribution is 2.37. The molecular formula is C23H21BrFN3O5S. The van der Waals surface area contributed by atoms with Crippen LogP contribution in [0.15, 0.2) is 58.6 Å². The van der Waals surface area contributed by atoms with Gasteiger partial charge in [-0.3, -0.25) is 4.90 Å². The van der Waals surface area contributed by atoms with Crippen molar-refractivity contribution in [2.45, 2.75) is 24.5 Å². The van der Waals surface area contributed by atoms with E-state index in [2.05, 4.69) is 21.2 Å². The van der Waals surface area contributed by atoms with Gasteiger partial charge in [0, 0.05) is 11.6 Å². The Hall–Kier alpha value is -3.23. The largest absolute Gasteiger partial charge is 0.463 e. The lowest BCUT2D eigenvalue weighted by atomic mass is 9.93. The molecule has 0 aliphatic carbocycles. The number of nitrogens with one attached hydrogen (secondary N) is 1. The Morgan fingerprint density at radius 1 is 1.29 bits per heavy atom. The molecule has 1 N–H and O–H groups in total. The minimum atomic E-state index is -3.84. The molecule has 8 nitrogen and oxygen atoms in total. The first-order valence-electron chi connectivity index (χ1n) is 10.1. The van der Waals surface area contributed by atoms with E-state index in [1.165, 1.54) is 29.2 Å². The molecule has 34 heavy (non-hydrogen) atoms. The molecule has 178 valence electrons. The van der Waals surface area contributed by atoms with Crippen LogP contribution in [0.3, 0.4) is 0 Å². The highest BCUT2D eigenvalue weighted by molar-refractivity contribution is 9.09. The summed E-state index contributed by atoms with van der Waals surface area (Å²) in [5, 5.41) is 12.0. The summed E-state index contributed by atoms with van der Waals surface area (Å²) in [6, 6.07) is 10.3. The van der Waals surface area contributed by atoms with Crippen LogP contribution in [0.5, 0.6) is 0 Å². The summed E-state index contributed by atoms with van der Waals surface area (Å²) in [5.41, 5.74) is 1.12. The SMILES string of the molecule is CCOC(=O)C1=C(CBr)N(c2cccc(CF)c2)C(=O)NC1c1ccc(C#N)cc1S(C)(=O)=O. The van der Waals surface area contributed by atoms with Crippen LogP contribution < -0.4 is 10.2 Å². The number of rotatable bonds is 7. The van der Waals surface area contributed by atoms with Crippen LogP contribution in [-0.2, 0) is 26.0 Å². The highest BCUT2D eigenvalue weighted by Gasteiger charge is 2.40. The summed E-state index contributed by atoms with van der Waals surface area (Å²) >= 11 is 3.33. The molecular weight excluding hydrogens is 529 g/mol. The van der Waals surface area contributed by atoms with Crippen LogP contribution in [0.4, 0.5) is 14.9 Å². The van der Waals surface area contributed by atoms with E-state index in [9.17, 15) is 27.7 Å². The molecule has 2 amide bonds. The fraction of sp³-hybridized carbons (Fsp3) is 0.261. The van der Waals surface area contributed by atoms with Crippen LogP contribution in [0.1, 0.15) is 29.7 Å².